The number of hydrogen-bond acceptors (Lipinski definition) is 3. The number of para-hydroxylation sites is 1. The van der Waals surface area contributed by atoms with Crippen molar-refractivity contribution < 1.29 is 19.1 Å². The molecular formula is C19H24N2O4. The fourth-order valence-electron chi connectivity index (χ4n) is 3.64. The maximum Gasteiger partial charge on any atom is 0.318 e. The van der Waals surface area contributed by atoms with Gasteiger partial charge in [-0.3, -0.25) is 4.79 Å². The van der Waals surface area contributed by atoms with Gasteiger partial charge >= 0.3 is 12.0 Å². The van der Waals surface area contributed by atoms with Crippen LogP contribution in [0.15, 0.2) is 28.7 Å². The highest BCUT2D eigenvalue weighted by Gasteiger charge is 2.32. The number of fused-ring (bicyclic) bond motifs is 1. The number of carboxylic acid groups (broad SMARTS) is 1. The van der Waals surface area contributed by atoms with Crippen molar-refractivity contribution in [2.45, 2.75) is 33.2 Å². The molecule has 134 valence electrons. The molecule has 2 amide bonds. The lowest BCUT2D eigenvalue weighted by atomic mass is 9.91. The van der Waals surface area contributed by atoms with E-state index < -0.39 is 11.9 Å². The van der Waals surface area contributed by atoms with Crippen molar-refractivity contribution in [1.29, 1.82) is 0 Å². The molecule has 1 aliphatic heterocycles. The lowest BCUT2D eigenvalue weighted by molar-refractivity contribution is -0.143. The first-order chi connectivity index (χ1) is 11.9. The Bertz CT molecular complexity index is 798. The van der Waals surface area contributed by atoms with Gasteiger partial charge < -0.3 is 19.7 Å². The predicted molar refractivity (Wildman–Crippen MR) is 94.4 cm³/mol. The molecule has 2 N–H and O–H groups in total. The molecule has 3 rings (SSSR count). The molecule has 3 atom stereocenters. The minimum atomic E-state index is -0.842. The fraction of sp³-hybridized carbons (Fsp3) is 0.474. The molecule has 1 aromatic carbocycles. The van der Waals surface area contributed by atoms with Gasteiger partial charge in [-0.05, 0) is 32.3 Å². The molecule has 1 aliphatic rings. The highest BCUT2D eigenvalue weighted by Crippen LogP contribution is 2.29. The van der Waals surface area contributed by atoms with Gasteiger partial charge in [0.25, 0.3) is 0 Å². The molecule has 2 heterocycles. The summed E-state index contributed by atoms with van der Waals surface area (Å²) in [6, 6.07) is 7.24. The molecule has 0 spiro atoms. The van der Waals surface area contributed by atoms with Crippen LogP contribution in [0, 0.1) is 18.8 Å². The summed E-state index contributed by atoms with van der Waals surface area (Å²) in [5.74, 6) is -0.443. The molecule has 0 radical (unpaired) electrons. The van der Waals surface area contributed by atoms with Gasteiger partial charge in [0, 0.05) is 24.0 Å². The summed E-state index contributed by atoms with van der Waals surface area (Å²) in [6.45, 7) is 6.65. The van der Waals surface area contributed by atoms with Gasteiger partial charge in [0.2, 0.25) is 0 Å². The van der Waals surface area contributed by atoms with Gasteiger partial charge in [-0.1, -0.05) is 25.1 Å². The number of furan rings is 1. The maximum atomic E-state index is 12.6. The average molecular weight is 344 g/mol. The van der Waals surface area contributed by atoms with Crippen LogP contribution in [0.3, 0.4) is 0 Å². The smallest absolute Gasteiger partial charge is 0.318 e. The first kappa shape index (κ1) is 17.3. The predicted octanol–water partition coefficient (Wildman–Crippen LogP) is 3.55. The Labute approximate surface area is 146 Å². The monoisotopic (exact) mass is 344 g/mol. The number of carboxylic acids is 1. The number of benzene rings is 1. The third kappa shape index (κ3) is 3.48. The van der Waals surface area contributed by atoms with Crippen LogP contribution in [0.4, 0.5) is 4.79 Å². The number of likely N-dealkylation sites (tertiary alicyclic amines) is 1. The molecule has 2 aromatic rings. The zero-order valence-electron chi connectivity index (χ0n) is 14.8. The molecule has 1 fully saturated rings. The van der Waals surface area contributed by atoms with E-state index in [-0.39, 0.29) is 24.5 Å². The topological polar surface area (TPSA) is 82.8 Å². The first-order valence-electron chi connectivity index (χ1n) is 8.63. The summed E-state index contributed by atoms with van der Waals surface area (Å²) in [4.78, 5) is 25.5. The number of nitrogens with one attached hydrogen (secondary N) is 1. The molecular weight excluding hydrogens is 320 g/mol. The molecule has 2 unspecified atom stereocenters. The highest BCUT2D eigenvalue weighted by atomic mass is 16.4. The number of piperidine rings is 1. The van der Waals surface area contributed by atoms with Crippen LogP contribution in [-0.4, -0.2) is 35.1 Å². The van der Waals surface area contributed by atoms with Crippen LogP contribution in [0.1, 0.15) is 37.6 Å². The second-order valence-electron chi connectivity index (χ2n) is 7.04. The number of aryl methyl sites for hydroxylation is 1. The Morgan fingerprint density at radius 3 is 2.72 bits per heavy atom. The van der Waals surface area contributed by atoms with E-state index in [1.54, 1.807) is 4.90 Å². The SMILES string of the molecule is Cc1c([C@H](C)NC(=O)N2CC(C)CC(C(=O)O)C2)oc2ccccc12. The van der Waals surface area contributed by atoms with E-state index in [0.717, 1.165) is 22.3 Å². The number of aliphatic carboxylic acids is 1. The van der Waals surface area contributed by atoms with Crippen molar-refractivity contribution in [3.05, 3.63) is 35.6 Å². The van der Waals surface area contributed by atoms with Crippen molar-refractivity contribution in [2.75, 3.05) is 13.1 Å². The average Bonchev–Trinajstić information content (AvgIpc) is 2.91. The van der Waals surface area contributed by atoms with Crippen LogP contribution in [0.5, 0.6) is 0 Å². The quantitative estimate of drug-likeness (QED) is 0.892. The van der Waals surface area contributed by atoms with Crippen LogP contribution in [0.2, 0.25) is 0 Å². The lowest BCUT2D eigenvalue weighted by Crippen LogP contribution is -2.49. The first-order valence-corrected chi connectivity index (χ1v) is 8.63. The van der Waals surface area contributed by atoms with Gasteiger partial charge in [0.05, 0.1) is 12.0 Å². The van der Waals surface area contributed by atoms with E-state index in [2.05, 4.69) is 5.32 Å². The zero-order valence-corrected chi connectivity index (χ0v) is 14.8. The van der Waals surface area contributed by atoms with Crippen LogP contribution < -0.4 is 5.32 Å². The normalized spacial score (nSPS) is 22.0. The molecule has 0 aliphatic carbocycles. The Morgan fingerprint density at radius 2 is 2.04 bits per heavy atom. The van der Waals surface area contributed by atoms with Gasteiger partial charge in [-0.25, -0.2) is 4.79 Å². The Morgan fingerprint density at radius 1 is 1.32 bits per heavy atom. The second kappa shape index (κ2) is 6.78. The summed E-state index contributed by atoms with van der Waals surface area (Å²) in [6.07, 6.45) is 0.608. The minimum absolute atomic E-state index is 0.170. The molecule has 6 nitrogen and oxygen atoms in total. The third-order valence-corrected chi connectivity index (χ3v) is 4.91. The molecule has 6 heteroatoms. The Balaban J connectivity index is 1.73. The van der Waals surface area contributed by atoms with Crippen LogP contribution in [-0.2, 0) is 4.79 Å². The molecule has 25 heavy (non-hydrogen) atoms. The summed E-state index contributed by atoms with van der Waals surface area (Å²) >= 11 is 0. The van der Waals surface area contributed by atoms with E-state index in [0.29, 0.717) is 13.0 Å². The number of carbonyl (C=O) groups excluding carboxylic acids is 1. The number of nitrogens with zero attached hydrogens (tertiary/aromatic N) is 1. The number of carbonyl (C=O) groups is 2. The number of hydrogen-bond donors (Lipinski definition) is 2. The van der Waals surface area contributed by atoms with Gasteiger partial charge in [-0.2, -0.15) is 0 Å². The summed E-state index contributed by atoms with van der Waals surface area (Å²) in [7, 11) is 0. The molecule has 1 saturated heterocycles. The van der Waals surface area contributed by atoms with E-state index >= 15 is 0 Å². The van der Waals surface area contributed by atoms with Crippen molar-refractivity contribution in [2.24, 2.45) is 11.8 Å². The van der Waals surface area contributed by atoms with Gasteiger partial charge in [0.15, 0.2) is 0 Å². The highest BCUT2D eigenvalue weighted by molar-refractivity contribution is 5.82. The van der Waals surface area contributed by atoms with Crippen molar-refractivity contribution >= 4 is 23.0 Å². The fourth-order valence-corrected chi connectivity index (χ4v) is 3.64. The second-order valence-corrected chi connectivity index (χ2v) is 7.04. The van der Waals surface area contributed by atoms with Crippen molar-refractivity contribution in [3.8, 4) is 0 Å². The largest absolute Gasteiger partial charge is 0.481 e. The molecule has 0 saturated carbocycles. The third-order valence-electron chi connectivity index (χ3n) is 4.91. The Hall–Kier alpha value is -2.50. The number of amides is 2. The van der Waals surface area contributed by atoms with Gasteiger partial charge in [-0.15, -0.1) is 0 Å². The van der Waals surface area contributed by atoms with Crippen molar-refractivity contribution in [3.63, 3.8) is 0 Å². The van der Waals surface area contributed by atoms with Crippen LogP contribution >= 0.6 is 0 Å². The van der Waals surface area contributed by atoms with E-state index in [1.807, 2.05) is 45.0 Å². The van der Waals surface area contributed by atoms with Crippen LogP contribution in [0.25, 0.3) is 11.0 Å². The summed E-state index contributed by atoms with van der Waals surface area (Å²) in [5.41, 5.74) is 1.81. The maximum absolute atomic E-state index is 12.6. The number of rotatable bonds is 3. The summed E-state index contributed by atoms with van der Waals surface area (Å²) in [5, 5.41) is 13.2. The zero-order chi connectivity index (χ0) is 18.1. The Kier molecular flexibility index (Phi) is 4.70. The standard InChI is InChI=1S/C19H24N2O4/c1-11-8-14(18(22)23)10-21(9-11)19(24)20-13(3)17-12(2)15-6-4-5-7-16(15)25-17/h4-7,11,13-14H,8-10H2,1-3H3,(H,20,24)(H,22,23)/t11?,13-,14?/m0/s1. The van der Waals surface area contributed by atoms with Crippen molar-refractivity contribution in [1.82, 2.24) is 10.2 Å². The minimum Gasteiger partial charge on any atom is -0.481 e. The van der Waals surface area contributed by atoms with E-state index in [9.17, 15) is 14.7 Å². The van der Waals surface area contributed by atoms with E-state index in [1.165, 1.54) is 0 Å². The molecule has 0 bridgehead atoms. The number of urea groups is 1. The summed E-state index contributed by atoms with van der Waals surface area (Å²) < 4.78 is 5.90. The molecule has 1 aromatic heterocycles. The van der Waals surface area contributed by atoms with E-state index in [4.69, 9.17) is 4.42 Å². The lowest BCUT2D eigenvalue weighted by Gasteiger charge is -2.35. The van der Waals surface area contributed by atoms with Gasteiger partial charge in [0.1, 0.15) is 11.3 Å².